The lowest BCUT2D eigenvalue weighted by Crippen LogP contribution is -2.11. The Morgan fingerprint density at radius 1 is 1.33 bits per heavy atom. The summed E-state index contributed by atoms with van der Waals surface area (Å²) in [5.74, 6) is 0.864. The highest BCUT2D eigenvalue weighted by atomic mass is 79.9. The number of amidine groups is 1. The van der Waals surface area contributed by atoms with Gasteiger partial charge in [0.15, 0.2) is 0 Å². The monoisotopic (exact) mass is 325 g/mol. The molecule has 0 aliphatic carbocycles. The number of nitrogens with two attached hydrogens (primary N) is 1. The number of nitrogens with one attached hydrogen (secondary N) is 1. The van der Waals surface area contributed by atoms with E-state index in [0.717, 1.165) is 4.47 Å². The predicted octanol–water partition coefficient (Wildman–Crippen LogP) is 3.57. The van der Waals surface area contributed by atoms with Gasteiger partial charge in [0, 0.05) is 22.3 Å². The predicted molar refractivity (Wildman–Crippen MR) is 74.5 cm³/mol. The average molecular weight is 327 g/mol. The van der Waals surface area contributed by atoms with E-state index in [-0.39, 0.29) is 5.84 Å². The minimum Gasteiger partial charge on any atom is -0.437 e. The van der Waals surface area contributed by atoms with E-state index in [9.17, 15) is 0 Å². The highest BCUT2D eigenvalue weighted by Gasteiger charge is 2.05. The number of rotatable bonds is 3. The van der Waals surface area contributed by atoms with Crippen LogP contribution in [0.3, 0.4) is 0 Å². The molecule has 18 heavy (non-hydrogen) atoms. The van der Waals surface area contributed by atoms with E-state index in [0.29, 0.717) is 22.2 Å². The van der Waals surface area contributed by atoms with Gasteiger partial charge in [-0.2, -0.15) is 0 Å². The van der Waals surface area contributed by atoms with Crippen LogP contribution in [0.15, 0.2) is 41.0 Å². The fourth-order valence-corrected chi connectivity index (χ4v) is 1.76. The number of halogens is 2. The van der Waals surface area contributed by atoms with Gasteiger partial charge in [0.2, 0.25) is 5.88 Å². The molecule has 1 heterocycles. The second kappa shape index (κ2) is 5.37. The summed E-state index contributed by atoms with van der Waals surface area (Å²) >= 11 is 9.34. The molecule has 4 nitrogen and oxygen atoms in total. The van der Waals surface area contributed by atoms with Gasteiger partial charge in [0.05, 0.1) is 5.02 Å². The molecular weight excluding hydrogens is 318 g/mol. The SMILES string of the molecule is N=C(N)c1ccc(Oc2cc(Br)ccc2Cl)nc1. The third-order valence-electron chi connectivity index (χ3n) is 2.16. The molecule has 0 fully saturated rings. The first-order chi connectivity index (χ1) is 8.56. The fraction of sp³-hybridized carbons (Fsp3) is 0. The molecular formula is C12H9BrClN3O. The van der Waals surface area contributed by atoms with E-state index >= 15 is 0 Å². The molecule has 6 heteroatoms. The number of hydrogen-bond donors (Lipinski definition) is 2. The number of nitrogens with zero attached hydrogens (tertiary/aromatic N) is 1. The van der Waals surface area contributed by atoms with Crippen molar-refractivity contribution in [3.05, 3.63) is 51.6 Å². The Hall–Kier alpha value is -1.59. The third-order valence-corrected chi connectivity index (χ3v) is 2.96. The lowest BCUT2D eigenvalue weighted by atomic mass is 10.3. The molecule has 92 valence electrons. The van der Waals surface area contributed by atoms with E-state index in [1.807, 2.05) is 6.07 Å². The van der Waals surface area contributed by atoms with E-state index in [1.165, 1.54) is 6.20 Å². The molecule has 0 bridgehead atoms. The minimum absolute atomic E-state index is 0.0328. The second-order valence-electron chi connectivity index (χ2n) is 3.48. The normalized spacial score (nSPS) is 10.1. The van der Waals surface area contributed by atoms with Crippen molar-refractivity contribution in [2.24, 2.45) is 5.73 Å². The largest absolute Gasteiger partial charge is 0.437 e. The van der Waals surface area contributed by atoms with Crippen LogP contribution in [0.4, 0.5) is 0 Å². The Balaban J connectivity index is 2.23. The van der Waals surface area contributed by atoms with Crippen LogP contribution < -0.4 is 10.5 Å². The van der Waals surface area contributed by atoms with Gasteiger partial charge in [-0.05, 0) is 24.3 Å². The van der Waals surface area contributed by atoms with Gasteiger partial charge in [-0.15, -0.1) is 0 Å². The maximum atomic E-state index is 7.26. The van der Waals surface area contributed by atoms with Crippen LogP contribution >= 0.6 is 27.5 Å². The van der Waals surface area contributed by atoms with Crippen molar-refractivity contribution in [1.82, 2.24) is 4.98 Å². The summed E-state index contributed by atoms with van der Waals surface area (Å²) in [6.45, 7) is 0. The number of pyridine rings is 1. The zero-order chi connectivity index (χ0) is 13.1. The summed E-state index contributed by atoms with van der Waals surface area (Å²) in [4.78, 5) is 4.05. The van der Waals surface area contributed by atoms with Crippen LogP contribution in [0, 0.1) is 5.41 Å². The highest BCUT2D eigenvalue weighted by Crippen LogP contribution is 2.31. The van der Waals surface area contributed by atoms with Crippen LogP contribution in [0.2, 0.25) is 5.02 Å². The van der Waals surface area contributed by atoms with Crippen molar-refractivity contribution in [3.63, 3.8) is 0 Å². The number of aromatic nitrogens is 1. The molecule has 2 rings (SSSR count). The van der Waals surface area contributed by atoms with Crippen molar-refractivity contribution < 1.29 is 4.74 Å². The smallest absolute Gasteiger partial charge is 0.219 e. The van der Waals surface area contributed by atoms with E-state index < -0.39 is 0 Å². The van der Waals surface area contributed by atoms with Crippen molar-refractivity contribution in [2.75, 3.05) is 0 Å². The second-order valence-corrected chi connectivity index (χ2v) is 4.80. The molecule has 0 aliphatic rings. The minimum atomic E-state index is -0.0328. The molecule has 1 aromatic heterocycles. The average Bonchev–Trinajstić information content (AvgIpc) is 2.34. The van der Waals surface area contributed by atoms with Gasteiger partial charge >= 0.3 is 0 Å². The van der Waals surface area contributed by atoms with Crippen molar-refractivity contribution in [2.45, 2.75) is 0 Å². The molecule has 0 aliphatic heterocycles. The number of ether oxygens (including phenoxy) is 1. The molecule has 1 aromatic carbocycles. The summed E-state index contributed by atoms with van der Waals surface area (Å²) in [7, 11) is 0. The highest BCUT2D eigenvalue weighted by molar-refractivity contribution is 9.10. The van der Waals surface area contributed by atoms with Crippen LogP contribution in [0.5, 0.6) is 11.6 Å². The summed E-state index contributed by atoms with van der Waals surface area (Å²) in [5, 5.41) is 7.75. The molecule has 0 unspecified atom stereocenters. The Morgan fingerprint density at radius 3 is 2.72 bits per heavy atom. The fourth-order valence-electron chi connectivity index (χ4n) is 1.27. The molecule has 2 aromatic rings. The molecule has 0 saturated carbocycles. The maximum Gasteiger partial charge on any atom is 0.219 e. The zero-order valence-electron chi connectivity index (χ0n) is 9.15. The lowest BCUT2D eigenvalue weighted by Gasteiger charge is -2.07. The van der Waals surface area contributed by atoms with Gasteiger partial charge in [0.1, 0.15) is 11.6 Å². The van der Waals surface area contributed by atoms with Gasteiger partial charge in [0.25, 0.3) is 0 Å². The van der Waals surface area contributed by atoms with Gasteiger partial charge in [-0.3, -0.25) is 5.41 Å². The summed E-state index contributed by atoms with van der Waals surface area (Å²) in [6.07, 6.45) is 1.48. The summed E-state index contributed by atoms with van der Waals surface area (Å²) < 4.78 is 6.40. The Bertz CT molecular complexity index is 586. The standard InChI is InChI=1S/C12H9BrClN3O/c13-8-2-3-9(14)10(5-8)18-11-4-1-7(6-17-11)12(15)16/h1-6H,(H3,15,16). The Labute approximate surface area is 117 Å². The van der Waals surface area contributed by atoms with Crippen molar-refractivity contribution in [1.29, 1.82) is 5.41 Å². The van der Waals surface area contributed by atoms with E-state index in [4.69, 9.17) is 27.5 Å². The van der Waals surface area contributed by atoms with Crippen LogP contribution in [-0.4, -0.2) is 10.8 Å². The van der Waals surface area contributed by atoms with Crippen LogP contribution in [-0.2, 0) is 0 Å². The lowest BCUT2D eigenvalue weighted by molar-refractivity contribution is 0.463. The number of nitrogen functional groups attached to an aromatic ring is 1. The van der Waals surface area contributed by atoms with Crippen molar-refractivity contribution in [3.8, 4) is 11.6 Å². The summed E-state index contributed by atoms with van der Waals surface area (Å²) in [6, 6.07) is 8.60. The van der Waals surface area contributed by atoms with Crippen LogP contribution in [0.1, 0.15) is 5.56 Å². The molecule has 0 spiro atoms. The molecule has 0 radical (unpaired) electrons. The quantitative estimate of drug-likeness (QED) is 0.669. The third kappa shape index (κ3) is 3.00. The molecule has 0 amide bonds. The van der Waals surface area contributed by atoms with E-state index in [1.54, 1.807) is 24.3 Å². The molecule has 0 saturated heterocycles. The number of hydrogen-bond acceptors (Lipinski definition) is 3. The van der Waals surface area contributed by atoms with Crippen molar-refractivity contribution >= 4 is 33.4 Å². The Kier molecular flexibility index (Phi) is 3.84. The zero-order valence-corrected chi connectivity index (χ0v) is 11.5. The molecule has 3 N–H and O–H groups in total. The van der Waals surface area contributed by atoms with Crippen LogP contribution in [0.25, 0.3) is 0 Å². The van der Waals surface area contributed by atoms with E-state index in [2.05, 4.69) is 20.9 Å². The van der Waals surface area contributed by atoms with Gasteiger partial charge in [-0.25, -0.2) is 4.98 Å². The van der Waals surface area contributed by atoms with Gasteiger partial charge < -0.3 is 10.5 Å². The number of benzene rings is 1. The first-order valence-corrected chi connectivity index (χ1v) is 6.17. The topological polar surface area (TPSA) is 72.0 Å². The van der Waals surface area contributed by atoms with Gasteiger partial charge in [-0.1, -0.05) is 27.5 Å². The first kappa shape index (κ1) is 12.9. The Morgan fingerprint density at radius 2 is 2.11 bits per heavy atom. The first-order valence-electron chi connectivity index (χ1n) is 4.99. The molecule has 0 atom stereocenters. The summed E-state index contributed by atoms with van der Waals surface area (Å²) in [5.41, 5.74) is 5.88. The maximum absolute atomic E-state index is 7.26.